The normalized spacial score (nSPS) is 11.0. The fourth-order valence-electron chi connectivity index (χ4n) is 2.91. The number of carbonyl (C=O) groups excluding carboxylic acids is 1. The molecule has 0 bridgehead atoms. The van der Waals surface area contributed by atoms with Gasteiger partial charge in [-0.05, 0) is 54.4 Å². The van der Waals surface area contributed by atoms with Crippen LogP contribution in [0.4, 0.5) is 11.4 Å². The van der Waals surface area contributed by atoms with Gasteiger partial charge < -0.3 is 10.1 Å². The lowest BCUT2D eigenvalue weighted by Gasteiger charge is -2.15. The molecule has 8 heteroatoms. The van der Waals surface area contributed by atoms with Crippen LogP contribution in [0.2, 0.25) is 5.02 Å². The standard InChI is InChI=1S/C22H21ClN2O4S/c1-3-15-7-4-5-10-19(15)25-30(27,28)18-11-12-21(29-2)20(14-18)24-22(26)16-8-6-9-17(23)13-16/h4-14,25H,3H2,1-2H3,(H,24,26). The SMILES string of the molecule is CCc1ccccc1NS(=O)(=O)c1ccc(OC)c(NC(=O)c2cccc(Cl)c2)c1. The minimum absolute atomic E-state index is 0.00407. The highest BCUT2D eigenvalue weighted by Gasteiger charge is 2.19. The van der Waals surface area contributed by atoms with E-state index in [0.717, 1.165) is 5.56 Å². The van der Waals surface area contributed by atoms with Crippen LogP contribution in [-0.2, 0) is 16.4 Å². The van der Waals surface area contributed by atoms with Crippen molar-refractivity contribution in [2.45, 2.75) is 18.2 Å². The summed E-state index contributed by atoms with van der Waals surface area (Å²) in [5.41, 5.74) is 1.96. The summed E-state index contributed by atoms with van der Waals surface area (Å²) >= 11 is 5.94. The number of benzene rings is 3. The van der Waals surface area contributed by atoms with Gasteiger partial charge in [0.25, 0.3) is 15.9 Å². The Bertz CT molecular complexity index is 1180. The summed E-state index contributed by atoms with van der Waals surface area (Å²) in [5.74, 6) is -0.104. The van der Waals surface area contributed by atoms with Crippen molar-refractivity contribution < 1.29 is 17.9 Å². The van der Waals surface area contributed by atoms with Crippen LogP contribution in [0.1, 0.15) is 22.8 Å². The predicted molar refractivity (Wildman–Crippen MR) is 119 cm³/mol. The fraction of sp³-hybridized carbons (Fsp3) is 0.136. The summed E-state index contributed by atoms with van der Waals surface area (Å²) in [5, 5.41) is 3.11. The summed E-state index contributed by atoms with van der Waals surface area (Å²) in [4.78, 5) is 12.6. The van der Waals surface area contributed by atoms with Crippen molar-refractivity contribution in [3.05, 3.63) is 82.9 Å². The summed E-state index contributed by atoms with van der Waals surface area (Å²) in [6, 6.07) is 17.9. The van der Waals surface area contributed by atoms with E-state index < -0.39 is 15.9 Å². The van der Waals surface area contributed by atoms with Crippen LogP contribution < -0.4 is 14.8 Å². The zero-order valence-corrected chi connectivity index (χ0v) is 18.0. The average Bonchev–Trinajstić information content (AvgIpc) is 2.73. The average molecular weight is 445 g/mol. The number of aryl methyl sites for hydroxylation is 1. The van der Waals surface area contributed by atoms with Gasteiger partial charge in [-0.1, -0.05) is 42.8 Å². The number of rotatable bonds is 7. The number of sulfonamides is 1. The molecule has 0 aliphatic rings. The van der Waals surface area contributed by atoms with Crippen molar-refractivity contribution in [2.24, 2.45) is 0 Å². The van der Waals surface area contributed by atoms with Gasteiger partial charge in [0.05, 0.1) is 23.4 Å². The van der Waals surface area contributed by atoms with E-state index in [1.54, 1.807) is 30.3 Å². The monoisotopic (exact) mass is 444 g/mol. The van der Waals surface area contributed by atoms with E-state index in [4.69, 9.17) is 16.3 Å². The smallest absolute Gasteiger partial charge is 0.261 e. The number of amides is 1. The number of hydrogen-bond acceptors (Lipinski definition) is 4. The number of methoxy groups -OCH3 is 1. The Balaban J connectivity index is 1.92. The first-order valence-electron chi connectivity index (χ1n) is 9.19. The third kappa shape index (κ3) is 4.93. The number of hydrogen-bond donors (Lipinski definition) is 2. The molecule has 0 heterocycles. The molecule has 30 heavy (non-hydrogen) atoms. The van der Waals surface area contributed by atoms with Crippen molar-refractivity contribution in [3.63, 3.8) is 0 Å². The van der Waals surface area contributed by atoms with Gasteiger partial charge in [-0.2, -0.15) is 0 Å². The van der Waals surface area contributed by atoms with Crippen LogP contribution in [0.5, 0.6) is 5.75 Å². The number of halogens is 1. The van der Waals surface area contributed by atoms with Crippen molar-refractivity contribution >= 4 is 38.9 Å². The molecule has 3 aromatic rings. The maximum Gasteiger partial charge on any atom is 0.261 e. The fourth-order valence-corrected chi connectivity index (χ4v) is 4.22. The number of nitrogens with one attached hydrogen (secondary N) is 2. The Morgan fingerprint density at radius 1 is 1.00 bits per heavy atom. The summed E-state index contributed by atoms with van der Waals surface area (Å²) in [6.07, 6.45) is 0.683. The number of anilines is 2. The number of ether oxygens (including phenoxy) is 1. The zero-order chi connectivity index (χ0) is 21.7. The van der Waals surface area contributed by atoms with Crippen molar-refractivity contribution in [1.29, 1.82) is 0 Å². The highest BCUT2D eigenvalue weighted by atomic mass is 35.5. The zero-order valence-electron chi connectivity index (χ0n) is 16.5. The first-order chi connectivity index (χ1) is 14.3. The van der Waals surface area contributed by atoms with E-state index in [0.29, 0.717) is 28.4 Å². The van der Waals surface area contributed by atoms with E-state index >= 15 is 0 Å². The summed E-state index contributed by atoms with van der Waals surface area (Å²) < 4.78 is 33.8. The first-order valence-corrected chi connectivity index (χ1v) is 11.1. The second-order valence-corrected chi connectivity index (χ2v) is 8.56. The molecule has 156 valence electrons. The summed E-state index contributed by atoms with van der Waals surface area (Å²) in [7, 11) is -2.44. The molecule has 0 fully saturated rings. The third-order valence-corrected chi connectivity index (χ3v) is 6.06. The molecule has 0 spiro atoms. The molecule has 0 aliphatic carbocycles. The Labute approximate surface area is 180 Å². The first kappa shape index (κ1) is 21.7. The Morgan fingerprint density at radius 3 is 2.47 bits per heavy atom. The second kappa shape index (κ2) is 9.19. The van der Waals surface area contributed by atoms with E-state index in [1.165, 1.54) is 31.4 Å². The number of carbonyl (C=O) groups is 1. The Hall–Kier alpha value is -3.03. The number of para-hydroxylation sites is 1. The molecule has 0 unspecified atom stereocenters. The summed E-state index contributed by atoms with van der Waals surface area (Å²) in [6.45, 7) is 1.95. The van der Waals surface area contributed by atoms with Gasteiger partial charge in [0, 0.05) is 10.6 Å². The molecule has 0 saturated carbocycles. The van der Waals surface area contributed by atoms with Gasteiger partial charge in [-0.25, -0.2) is 8.42 Å². The third-order valence-electron chi connectivity index (χ3n) is 4.46. The molecule has 3 rings (SSSR count). The minimum atomic E-state index is -3.88. The Kier molecular flexibility index (Phi) is 6.64. The van der Waals surface area contributed by atoms with Gasteiger partial charge in [0.1, 0.15) is 5.75 Å². The molecular weight excluding hydrogens is 424 g/mol. The van der Waals surface area contributed by atoms with Crippen LogP contribution in [0.15, 0.2) is 71.6 Å². The van der Waals surface area contributed by atoms with Crippen molar-refractivity contribution in [3.8, 4) is 5.75 Å². The van der Waals surface area contributed by atoms with Crippen molar-refractivity contribution in [2.75, 3.05) is 17.1 Å². The van der Waals surface area contributed by atoms with Crippen LogP contribution >= 0.6 is 11.6 Å². The molecule has 3 aromatic carbocycles. The molecular formula is C22H21ClN2O4S. The van der Waals surface area contributed by atoms with Crippen LogP contribution in [0, 0.1) is 0 Å². The van der Waals surface area contributed by atoms with Gasteiger partial charge in [0.2, 0.25) is 0 Å². The van der Waals surface area contributed by atoms with Crippen LogP contribution in [0.3, 0.4) is 0 Å². The molecule has 0 atom stereocenters. The molecule has 0 saturated heterocycles. The molecule has 1 amide bonds. The van der Waals surface area contributed by atoms with E-state index in [-0.39, 0.29) is 10.6 Å². The maximum atomic E-state index is 12.9. The predicted octanol–water partition coefficient (Wildman–Crippen LogP) is 4.96. The topological polar surface area (TPSA) is 84.5 Å². The lowest BCUT2D eigenvalue weighted by molar-refractivity contribution is 0.102. The van der Waals surface area contributed by atoms with Gasteiger partial charge in [0.15, 0.2) is 0 Å². The largest absolute Gasteiger partial charge is 0.495 e. The molecule has 0 radical (unpaired) electrons. The van der Waals surface area contributed by atoms with E-state index in [1.807, 2.05) is 19.1 Å². The Morgan fingerprint density at radius 2 is 1.77 bits per heavy atom. The van der Waals surface area contributed by atoms with E-state index in [2.05, 4.69) is 10.0 Å². The second-order valence-electron chi connectivity index (χ2n) is 6.44. The highest BCUT2D eigenvalue weighted by Crippen LogP contribution is 2.29. The lowest BCUT2D eigenvalue weighted by Crippen LogP contribution is -2.16. The minimum Gasteiger partial charge on any atom is -0.495 e. The molecule has 6 nitrogen and oxygen atoms in total. The molecule has 2 N–H and O–H groups in total. The van der Waals surface area contributed by atoms with Crippen LogP contribution in [-0.4, -0.2) is 21.4 Å². The maximum absolute atomic E-state index is 12.9. The lowest BCUT2D eigenvalue weighted by atomic mass is 10.1. The van der Waals surface area contributed by atoms with Gasteiger partial charge >= 0.3 is 0 Å². The van der Waals surface area contributed by atoms with Crippen molar-refractivity contribution in [1.82, 2.24) is 0 Å². The van der Waals surface area contributed by atoms with Gasteiger partial charge in [-0.3, -0.25) is 9.52 Å². The van der Waals surface area contributed by atoms with Gasteiger partial charge in [-0.15, -0.1) is 0 Å². The molecule has 0 aliphatic heterocycles. The highest BCUT2D eigenvalue weighted by molar-refractivity contribution is 7.92. The van der Waals surface area contributed by atoms with Crippen LogP contribution in [0.25, 0.3) is 0 Å². The van der Waals surface area contributed by atoms with E-state index in [9.17, 15) is 13.2 Å². The molecule has 0 aromatic heterocycles. The quantitative estimate of drug-likeness (QED) is 0.539.